The van der Waals surface area contributed by atoms with Crippen LogP contribution < -0.4 is 15.5 Å². The maximum atomic E-state index is 13.3. The van der Waals surface area contributed by atoms with Crippen LogP contribution in [0.25, 0.3) is 0 Å². The number of halogens is 1. The molecule has 1 fully saturated rings. The number of hydrogen-bond acceptors (Lipinski definition) is 3. The fourth-order valence-electron chi connectivity index (χ4n) is 3.08. The smallest absolute Gasteiger partial charge is 0.222 e. The Bertz CT molecular complexity index is 622. The van der Waals surface area contributed by atoms with Gasteiger partial charge in [-0.25, -0.2) is 4.39 Å². The molecule has 6 nitrogen and oxygen atoms in total. The normalized spacial score (nSPS) is 17.3. The fourth-order valence-corrected chi connectivity index (χ4v) is 3.08. The first-order chi connectivity index (χ1) is 12.5. The van der Waals surface area contributed by atoms with Gasteiger partial charge in [-0.2, -0.15) is 0 Å². The van der Waals surface area contributed by atoms with Gasteiger partial charge in [-0.15, -0.1) is 0 Å². The van der Waals surface area contributed by atoms with Gasteiger partial charge >= 0.3 is 0 Å². The highest BCUT2D eigenvalue weighted by atomic mass is 19.1. The van der Waals surface area contributed by atoms with Crippen LogP contribution in [0.1, 0.15) is 26.2 Å². The van der Waals surface area contributed by atoms with Gasteiger partial charge in [-0.3, -0.25) is 9.79 Å². The SMILES string of the molecule is CCC(=O)N1CCC(NC(=NC)NCCCN(C)c2cccc(F)c2)C1. The number of carbonyl (C=O) groups is 1. The van der Waals surface area contributed by atoms with E-state index >= 15 is 0 Å². The van der Waals surface area contributed by atoms with Crippen molar-refractivity contribution in [2.24, 2.45) is 4.99 Å². The van der Waals surface area contributed by atoms with E-state index in [9.17, 15) is 9.18 Å². The summed E-state index contributed by atoms with van der Waals surface area (Å²) in [5.41, 5.74) is 0.874. The summed E-state index contributed by atoms with van der Waals surface area (Å²) in [6.45, 7) is 5.01. The summed E-state index contributed by atoms with van der Waals surface area (Å²) in [6.07, 6.45) is 2.39. The molecule has 0 spiro atoms. The Labute approximate surface area is 155 Å². The number of likely N-dealkylation sites (tertiary alicyclic amines) is 1. The van der Waals surface area contributed by atoms with Crippen LogP contribution in [0.5, 0.6) is 0 Å². The molecule has 1 aliphatic heterocycles. The molecule has 1 amide bonds. The lowest BCUT2D eigenvalue weighted by molar-refractivity contribution is -0.129. The third kappa shape index (κ3) is 5.89. The third-order valence-electron chi connectivity index (χ3n) is 4.62. The van der Waals surface area contributed by atoms with Crippen LogP contribution >= 0.6 is 0 Å². The monoisotopic (exact) mass is 363 g/mol. The Morgan fingerprint density at radius 1 is 1.46 bits per heavy atom. The van der Waals surface area contributed by atoms with Crippen molar-refractivity contribution >= 4 is 17.6 Å². The number of aliphatic imine (C=N–C) groups is 1. The largest absolute Gasteiger partial charge is 0.374 e. The second-order valence-electron chi connectivity index (χ2n) is 6.58. The molecule has 2 N–H and O–H groups in total. The van der Waals surface area contributed by atoms with E-state index in [1.807, 2.05) is 29.8 Å². The summed E-state index contributed by atoms with van der Waals surface area (Å²) < 4.78 is 13.3. The van der Waals surface area contributed by atoms with Crippen LogP contribution in [0, 0.1) is 5.82 Å². The number of anilines is 1. The van der Waals surface area contributed by atoms with Crippen molar-refractivity contribution in [1.29, 1.82) is 0 Å². The standard InChI is InChI=1S/C19H30FN5O/c1-4-18(26)25-12-9-16(14-25)23-19(21-2)22-10-6-11-24(3)17-8-5-7-15(20)13-17/h5,7-8,13,16H,4,6,9-12,14H2,1-3H3,(H2,21,22,23). The highest BCUT2D eigenvalue weighted by molar-refractivity contribution is 5.80. The topological polar surface area (TPSA) is 60.0 Å². The molecule has 1 aromatic rings. The van der Waals surface area contributed by atoms with Gasteiger partial charge in [0.05, 0.1) is 0 Å². The van der Waals surface area contributed by atoms with Gasteiger partial charge in [0.1, 0.15) is 5.82 Å². The minimum Gasteiger partial charge on any atom is -0.374 e. The molecule has 0 aliphatic carbocycles. The maximum Gasteiger partial charge on any atom is 0.222 e. The Hall–Kier alpha value is -2.31. The Balaban J connectivity index is 1.68. The summed E-state index contributed by atoms with van der Waals surface area (Å²) in [6, 6.07) is 6.86. The van der Waals surface area contributed by atoms with Crippen molar-refractivity contribution in [2.45, 2.75) is 32.2 Å². The van der Waals surface area contributed by atoms with Gasteiger partial charge in [0, 0.05) is 58.4 Å². The van der Waals surface area contributed by atoms with Gasteiger partial charge in [-0.1, -0.05) is 13.0 Å². The highest BCUT2D eigenvalue weighted by Gasteiger charge is 2.25. The lowest BCUT2D eigenvalue weighted by atomic mass is 10.2. The van der Waals surface area contributed by atoms with E-state index in [1.54, 1.807) is 13.1 Å². The highest BCUT2D eigenvalue weighted by Crippen LogP contribution is 2.14. The van der Waals surface area contributed by atoms with Crippen molar-refractivity contribution in [2.75, 3.05) is 45.2 Å². The van der Waals surface area contributed by atoms with Crippen LogP contribution in [0.3, 0.4) is 0 Å². The first-order valence-electron chi connectivity index (χ1n) is 9.25. The molecule has 1 unspecified atom stereocenters. The number of guanidine groups is 1. The van der Waals surface area contributed by atoms with Gasteiger partial charge in [0.25, 0.3) is 0 Å². The average Bonchev–Trinajstić information content (AvgIpc) is 3.11. The molecule has 1 aliphatic rings. The molecule has 2 rings (SSSR count). The van der Waals surface area contributed by atoms with Crippen LogP contribution in [0.2, 0.25) is 0 Å². The predicted octanol–water partition coefficient (Wildman–Crippen LogP) is 1.83. The molecule has 7 heteroatoms. The van der Waals surface area contributed by atoms with Crippen LogP contribution in [-0.2, 0) is 4.79 Å². The quantitative estimate of drug-likeness (QED) is 0.441. The second-order valence-corrected chi connectivity index (χ2v) is 6.58. The van der Waals surface area contributed by atoms with Crippen molar-refractivity contribution in [3.63, 3.8) is 0 Å². The maximum absolute atomic E-state index is 13.3. The average molecular weight is 363 g/mol. The Morgan fingerprint density at radius 3 is 2.96 bits per heavy atom. The molecule has 0 aromatic heterocycles. The number of nitrogens with one attached hydrogen (secondary N) is 2. The zero-order valence-electron chi connectivity index (χ0n) is 16.0. The number of nitrogens with zero attached hydrogens (tertiary/aromatic N) is 3. The Kier molecular flexibility index (Phi) is 7.69. The van der Waals surface area contributed by atoms with Crippen LogP contribution in [0.4, 0.5) is 10.1 Å². The number of hydrogen-bond donors (Lipinski definition) is 2. The zero-order chi connectivity index (χ0) is 18.9. The van der Waals surface area contributed by atoms with Crippen molar-refractivity contribution in [3.8, 4) is 0 Å². The molecule has 1 aromatic carbocycles. The van der Waals surface area contributed by atoms with Gasteiger partial charge in [0.15, 0.2) is 5.96 Å². The van der Waals surface area contributed by atoms with Crippen LogP contribution in [-0.4, -0.2) is 63.1 Å². The van der Waals surface area contributed by atoms with E-state index in [1.165, 1.54) is 12.1 Å². The van der Waals surface area contributed by atoms with Gasteiger partial charge in [-0.05, 0) is 31.0 Å². The summed E-state index contributed by atoms with van der Waals surface area (Å²) in [4.78, 5) is 19.9. The molecule has 1 atom stereocenters. The molecule has 1 heterocycles. The lowest BCUT2D eigenvalue weighted by Crippen LogP contribution is -2.45. The van der Waals surface area contributed by atoms with Gasteiger partial charge in [0.2, 0.25) is 5.91 Å². The van der Waals surface area contributed by atoms with Crippen molar-refractivity contribution in [3.05, 3.63) is 30.1 Å². The summed E-state index contributed by atoms with van der Waals surface area (Å²) >= 11 is 0. The molecular weight excluding hydrogens is 333 g/mol. The lowest BCUT2D eigenvalue weighted by Gasteiger charge is -2.21. The van der Waals surface area contributed by atoms with E-state index in [4.69, 9.17) is 0 Å². The molecule has 0 saturated carbocycles. The summed E-state index contributed by atoms with van der Waals surface area (Å²) in [7, 11) is 3.71. The number of benzene rings is 1. The van der Waals surface area contributed by atoms with Crippen molar-refractivity contribution < 1.29 is 9.18 Å². The molecule has 0 bridgehead atoms. The fraction of sp³-hybridized carbons (Fsp3) is 0.579. The third-order valence-corrected chi connectivity index (χ3v) is 4.62. The van der Waals surface area contributed by atoms with E-state index in [0.717, 1.165) is 50.7 Å². The minimum absolute atomic E-state index is 0.206. The minimum atomic E-state index is -0.218. The zero-order valence-corrected chi connectivity index (χ0v) is 16.0. The first-order valence-corrected chi connectivity index (χ1v) is 9.25. The molecular formula is C19H30FN5O. The van der Waals surface area contributed by atoms with E-state index in [0.29, 0.717) is 6.42 Å². The number of carbonyl (C=O) groups excluding carboxylic acids is 1. The molecule has 26 heavy (non-hydrogen) atoms. The molecule has 0 radical (unpaired) electrons. The van der Waals surface area contributed by atoms with E-state index in [-0.39, 0.29) is 17.8 Å². The van der Waals surface area contributed by atoms with Crippen molar-refractivity contribution in [1.82, 2.24) is 15.5 Å². The first kappa shape index (κ1) is 20.0. The number of amides is 1. The molecule has 144 valence electrons. The number of rotatable bonds is 7. The second kappa shape index (κ2) is 9.99. The van der Waals surface area contributed by atoms with E-state index < -0.39 is 0 Å². The van der Waals surface area contributed by atoms with E-state index in [2.05, 4.69) is 15.6 Å². The summed E-state index contributed by atoms with van der Waals surface area (Å²) in [5, 5.41) is 6.69. The predicted molar refractivity (Wildman–Crippen MR) is 104 cm³/mol. The van der Waals surface area contributed by atoms with Gasteiger partial charge < -0.3 is 20.4 Å². The Morgan fingerprint density at radius 2 is 2.27 bits per heavy atom. The molecule has 1 saturated heterocycles. The summed E-state index contributed by atoms with van der Waals surface area (Å²) in [5.74, 6) is 0.746. The van der Waals surface area contributed by atoms with Crippen LogP contribution in [0.15, 0.2) is 29.3 Å².